The van der Waals surface area contributed by atoms with Gasteiger partial charge in [-0.3, -0.25) is 4.79 Å². The number of aromatic nitrogens is 2. The molecule has 1 fully saturated rings. The van der Waals surface area contributed by atoms with Gasteiger partial charge in [0.05, 0.1) is 0 Å². The molecule has 1 saturated heterocycles. The highest BCUT2D eigenvalue weighted by atomic mass is 16.1. The van der Waals surface area contributed by atoms with Gasteiger partial charge >= 0.3 is 0 Å². The molecule has 1 amide bonds. The molecule has 106 valence electrons. The summed E-state index contributed by atoms with van der Waals surface area (Å²) in [5, 5.41) is 15.1. The third-order valence-electron chi connectivity index (χ3n) is 3.34. The molecule has 0 saturated carbocycles. The average Bonchev–Trinajstić information content (AvgIpc) is 2.43. The Morgan fingerprint density at radius 1 is 1.55 bits per heavy atom. The Balaban J connectivity index is 2.00. The van der Waals surface area contributed by atoms with Crippen molar-refractivity contribution in [1.29, 1.82) is 5.26 Å². The van der Waals surface area contributed by atoms with Crippen LogP contribution >= 0.6 is 0 Å². The average molecular weight is 273 g/mol. The van der Waals surface area contributed by atoms with Crippen LogP contribution in [0.3, 0.4) is 0 Å². The van der Waals surface area contributed by atoms with E-state index in [0.717, 1.165) is 6.42 Å². The molecule has 20 heavy (non-hydrogen) atoms. The van der Waals surface area contributed by atoms with Gasteiger partial charge in [0.15, 0.2) is 0 Å². The van der Waals surface area contributed by atoms with E-state index in [1.807, 2.05) is 19.9 Å². The smallest absolute Gasteiger partial charge is 0.220 e. The van der Waals surface area contributed by atoms with E-state index in [1.54, 1.807) is 6.07 Å². The first-order chi connectivity index (χ1) is 9.60. The summed E-state index contributed by atoms with van der Waals surface area (Å²) in [5.74, 6) is 1.71. The number of nitrogens with one attached hydrogen (secondary N) is 2. The lowest BCUT2D eigenvalue weighted by molar-refractivity contribution is -0.124. The maximum absolute atomic E-state index is 11.5. The van der Waals surface area contributed by atoms with Crippen molar-refractivity contribution in [3.63, 3.8) is 0 Å². The maximum atomic E-state index is 11.5. The van der Waals surface area contributed by atoms with E-state index in [-0.39, 0.29) is 11.9 Å². The summed E-state index contributed by atoms with van der Waals surface area (Å²) in [6.07, 6.45) is 2.18. The molecule has 2 rings (SSSR count). The molecule has 0 aromatic carbocycles. The summed E-state index contributed by atoms with van der Waals surface area (Å²) in [6.45, 7) is 4.65. The SMILES string of the molecule is CCc1nc(C#N)cc(NC[C@@H]2CC(=O)N[C@@H](C)C2)n1. The summed E-state index contributed by atoms with van der Waals surface area (Å²) in [5.41, 5.74) is 0.370. The van der Waals surface area contributed by atoms with Gasteiger partial charge in [0.25, 0.3) is 0 Å². The Hall–Kier alpha value is -2.16. The Labute approximate surface area is 118 Å². The van der Waals surface area contributed by atoms with Crippen LogP contribution in [0.15, 0.2) is 6.07 Å². The second kappa shape index (κ2) is 6.33. The van der Waals surface area contributed by atoms with Crippen molar-refractivity contribution in [3.05, 3.63) is 17.6 Å². The van der Waals surface area contributed by atoms with Crippen LogP contribution in [0.2, 0.25) is 0 Å². The van der Waals surface area contributed by atoms with Crippen molar-refractivity contribution < 1.29 is 4.79 Å². The molecule has 0 unspecified atom stereocenters. The van der Waals surface area contributed by atoms with E-state index >= 15 is 0 Å². The molecule has 2 atom stereocenters. The second-order valence-corrected chi connectivity index (χ2v) is 5.18. The number of piperidine rings is 1. The highest BCUT2D eigenvalue weighted by molar-refractivity contribution is 5.77. The maximum Gasteiger partial charge on any atom is 0.220 e. The van der Waals surface area contributed by atoms with Crippen LogP contribution in [0.5, 0.6) is 0 Å². The number of amides is 1. The normalized spacial score (nSPS) is 21.9. The van der Waals surface area contributed by atoms with Gasteiger partial charge in [-0.25, -0.2) is 9.97 Å². The molecule has 2 N–H and O–H groups in total. The molecule has 6 nitrogen and oxygen atoms in total. The van der Waals surface area contributed by atoms with E-state index in [2.05, 4.69) is 20.6 Å². The van der Waals surface area contributed by atoms with E-state index in [1.165, 1.54) is 0 Å². The molecule has 1 aromatic rings. The summed E-state index contributed by atoms with van der Waals surface area (Å²) < 4.78 is 0. The van der Waals surface area contributed by atoms with E-state index in [0.29, 0.717) is 42.6 Å². The standard InChI is InChI=1S/C14H19N5O/c1-3-12-18-11(7-15)6-13(19-12)16-8-10-4-9(2)17-14(20)5-10/h6,9-10H,3-5,8H2,1-2H3,(H,17,20)(H,16,18,19)/t9-,10-/m0/s1. The zero-order valence-corrected chi connectivity index (χ0v) is 11.8. The van der Waals surface area contributed by atoms with Crippen molar-refractivity contribution in [1.82, 2.24) is 15.3 Å². The van der Waals surface area contributed by atoms with Gasteiger partial charge < -0.3 is 10.6 Å². The molecule has 0 aliphatic carbocycles. The molecule has 1 aliphatic heterocycles. The van der Waals surface area contributed by atoms with E-state index in [4.69, 9.17) is 5.26 Å². The van der Waals surface area contributed by atoms with Gasteiger partial charge in [0.2, 0.25) is 5.91 Å². The molecule has 1 aliphatic rings. The highest BCUT2D eigenvalue weighted by Crippen LogP contribution is 2.18. The molecular formula is C14H19N5O. The molecule has 0 bridgehead atoms. The Morgan fingerprint density at radius 2 is 2.35 bits per heavy atom. The van der Waals surface area contributed by atoms with Gasteiger partial charge in [-0.05, 0) is 19.3 Å². The Kier molecular flexibility index (Phi) is 4.51. The minimum Gasteiger partial charge on any atom is -0.370 e. The number of carbonyl (C=O) groups is 1. The van der Waals surface area contributed by atoms with Gasteiger partial charge in [-0.2, -0.15) is 5.26 Å². The van der Waals surface area contributed by atoms with Crippen molar-refractivity contribution in [2.24, 2.45) is 5.92 Å². The zero-order chi connectivity index (χ0) is 14.5. The second-order valence-electron chi connectivity index (χ2n) is 5.18. The topological polar surface area (TPSA) is 90.7 Å². The van der Waals surface area contributed by atoms with Crippen molar-refractivity contribution >= 4 is 11.7 Å². The number of carbonyl (C=O) groups excluding carboxylic acids is 1. The summed E-state index contributed by atoms with van der Waals surface area (Å²) in [4.78, 5) is 19.9. The minimum absolute atomic E-state index is 0.102. The van der Waals surface area contributed by atoms with Crippen LogP contribution in [0.1, 0.15) is 38.2 Å². The highest BCUT2D eigenvalue weighted by Gasteiger charge is 2.23. The van der Waals surface area contributed by atoms with Crippen LogP contribution < -0.4 is 10.6 Å². The van der Waals surface area contributed by atoms with Crippen molar-refractivity contribution in [3.8, 4) is 6.07 Å². The van der Waals surface area contributed by atoms with Gasteiger partial charge in [-0.1, -0.05) is 6.92 Å². The molecule has 0 spiro atoms. The Morgan fingerprint density at radius 3 is 3.00 bits per heavy atom. The first-order valence-corrected chi connectivity index (χ1v) is 6.92. The molecule has 0 radical (unpaired) electrons. The fourth-order valence-corrected chi connectivity index (χ4v) is 2.45. The lowest BCUT2D eigenvalue weighted by Crippen LogP contribution is -2.42. The van der Waals surface area contributed by atoms with E-state index < -0.39 is 0 Å². The largest absolute Gasteiger partial charge is 0.370 e. The van der Waals surface area contributed by atoms with Gasteiger partial charge in [-0.15, -0.1) is 0 Å². The summed E-state index contributed by atoms with van der Waals surface area (Å²) in [6, 6.07) is 3.90. The lowest BCUT2D eigenvalue weighted by Gasteiger charge is -2.27. The van der Waals surface area contributed by atoms with Crippen LogP contribution in [0.25, 0.3) is 0 Å². The van der Waals surface area contributed by atoms with Gasteiger partial charge in [0, 0.05) is 31.5 Å². The number of aryl methyl sites for hydroxylation is 1. The number of nitrogens with zero attached hydrogens (tertiary/aromatic N) is 3. The quantitative estimate of drug-likeness (QED) is 0.861. The number of hydrogen-bond acceptors (Lipinski definition) is 5. The number of hydrogen-bond donors (Lipinski definition) is 2. The van der Waals surface area contributed by atoms with Crippen LogP contribution in [0.4, 0.5) is 5.82 Å². The molecule has 6 heteroatoms. The van der Waals surface area contributed by atoms with Crippen molar-refractivity contribution in [2.75, 3.05) is 11.9 Å². The predicted octanol–water partition coefficient (Wildman–Crippen LogP) is 1.24. The zero-order valence-electron chi connectivity index (χ0n) is 11.8. The Bertz CT molecular complexity index is 537. The lowest BCUT2D eigenvalue weighted by atomic mass is 9.93. The fraction of sp³-hybridized carbons (Fsp3) is 0.571. The first-order valence-electron chi connectivity index (χ1n) is 6.92. The molecule has 1 aromatic heterocycles. The molecular weight excluding hydrogens is 254 g/mol. The van der Waals surface area contributed by atoms with Crippen molar-refractivity contribution in [2.45, 2.75) is 39.2 Å². The van der Waals surface area contributed by atoms with Gasteiger partial charge in [0.1, 0.15) is 23.4 Å². The summed E-state index contributed by atoms with van der Waals surface area (Å²) in [7, 11) is 0. The minimum atomic E-state index is 0.102. The number of nitriles is 1. The van der Waals surface area contributed by atoms with E-state index in [9.17, 15) is 4.79 Å². The third-order valence-corrected chi connectivity index (χ3v) is 3.34. The summed E-state index contributed by atoms with van der Waals surface area (Å²) >= 11 is 0. The molecule has 2 heterocycles. The fourth-order valence-electron chi connectivity index (χ4n) is 2.45. The monoisotopic (exact) mass is 273 g/mol. The predicted molar refractivity (Wildman–Crippen MR) is 74.9 cm³/mol. The first kappa shape index (κ1) is 14.3. The third kappa shape index (κ3) is 3.67. The number of anilines is 1. The number of rotatable bonds is 4. The van der Waals surface area contributed by atoms with Crippen LogP contribution in [-0.2, 0) is 11.2 Å². The van der Waals surface area contributed by atoms with Crippen LogP contribution in [-0.4, -0.2) is 28.5 Å². The van der Waals surface area contributed by atoms with Crippen LogP contribution in [0, 0.1) is 17.2 Å².